The SMILES string of the molecule is CC1CC(c2ccccc2)c2nc(Nc3ccc(-n4ccnc4)cc3)nn2CC1C. The molecule has 6 heteroatoms. The lowest BCUT2D eigenvalue weighted by Crippen LogP contribution is -2.13. The van der Waals surface area contributed by atoms with Crippen LogP contribution in [0.3, 0.4) is 0 Å². The van der Waals surface area contributed by atoms with Crippen molar-refractivity contribution in [3.8, 4) is 5.69 Å². The molecule has 3 heterocycles. The fraction of sp³-hybridized carbons (Fsp3) is 0.292. The van der Waals surface area contributed by atoms with Gasteiger partial charge in [0.15, 0.2) is 0 Å². The number of hydrogen-bond donors (Lipinski definition) is 1. The van der Waals surface area contributed by atoms with E-state index in [1.807, 2.05) is 22.9 Å². The number of fused-ring (bicyclic) bond motifs is 1. The fourth-order valence-electron chi connectivity index (χ4n) is 4.19. The average molecular weight is 399 g/mol. The minimum absolute atomic E-state index is 0.262. The zero-order valence-electron chi connectivity index (χ0n) is 17.3. The maximum atomic E-state index is 4.93. The Kier molecular flexibility index (Phi) is 4.83. The molecular weight excluding hydrogens is 372 g/mol. The molecule has 30 heavy (non-hydrogen) atoms. The molecule has 0 fully saturated rings. The van der Waals surface area contributed by atoms with E-state index in [2.05, 4.69) is 71.3 Å². The first-order chi connectivity index (χ1) is 14.7. The van der Waals surface area contributed by atoms with Crippen LogP contribution in [0.2, 0.25) is 0 Å². The summed E-state index contributed by atoms with van der Waals surface area (Å²) in [6, 6.07) is 18.9. The molecule has 3 unspecified atom stereocenters. The second-order valence-corrected chi connectivity index (χ2v) is 8.27. The number of benzene rings is 2. The predicted octanol–water partition coefficient (Wildman–Crippen LogP) is 5.02. The lowest BCUT2D eigenvalue weighted by atomic mass is 9.85. The average Bonchev–Trinajstić information content (AvgIpc) is 3.41. The normalized spacial score (nSPS) is 21.1. The quantitative estimate of drug-likeness (QED) is 0.525. The highest BCUT2D eigenvalue weighted by Crippen LogP contribution is 2.37. The zero-order valence-corrected chi connectivity index (χ0v) is 17.3. The Bertz CT molecular complexity index is 1100. The lowest BCUT2D eigenvalue weighted by molar-refractivity contribution is 0.330. The van der Waals surface area contributed by atoms with Crippen molar-refractivity contribution in [3.63, 3.8) is 0 Å². The van der Waals surface area contributed by atoms with Crippen LogP contribution in [0.1, 0.15) is 37.6 Å². The minimum atomic E-state index is 0.262. The molecule has 4 aromatic rings. The fourth-order valence-corrected chi connectivity index (χ4v) is 4.19. The van der Waals surface area contributed by atoms with Crippen molar-refractivity contribution in [1.82, 2.24) is 24.3 Å². The topological polar surface area (TPSA) is 60.6 Å². The van der Waals surface area contributed by atoms with Gasteiger partial charge in [-0.25, -0.2) is 9.67 Å². The highest BCUT2D eigenvalue weighted by atomic mass is 15.4. The van der Waals surface area contributed by atoms with Crippen molar-refractivity contribution >= 4 is 11.6 Å². The molecule has 0 aliphatic carbocycles. The standard InChI is InChI=1S/C24H26N6/c1-17-14-22(19-6-4-3-5-7-19)23-27-24(28-30(23)15-18(17)2)26-20-8-10-21(11-9-20)29-13-12-25-16-29/h3-13,16-18,22H,14-15H2,1-2H3,(H,26,28). The van der Waals surface area contributed by atoms with Crippen LogP contribution in [0.25, 0.3) is 5.69 Å². The number of rotatable bonds is 4. The maximum absolute atomic E-state index is 4.93. The lowest BCUT2D eigenvalue weighted by Gasteiger charge is -2.19. The van der Waals surface area contributed by atoms with E-state index in [0.717, 1.165) is 30.2 Å². The summed E-state index contributed by atoms with van der Waals surface area (Å²) in [6.45, 7) is 5.55. The van der Waals surface area contributed by atoms with Crippen molar-refractivity contribution < 1.29 is 0 Å². The molecule has 152 valence electrons. The van der Waals surface area contributed by atoms with Gasteiger partial charge in [0, 0.05) is 36.2 Å². The third-order valence-corrected chi connectivity index (χ3v) is 6.18. The van der Waals surface area contributed by atoms with Gasteiger partial charge in [0.05, 0.1) is 6.33 Å². The summed E-state index contributed by atoms with van der Waals surface area (Å²) in [6.07, 6.45) is 6.59. The molecule has 1 aliphatic heterocycles. The summed E-state index contributed by atoms with van der Waals surface area (Å²) < 4.78 is 4.09. The van der Waals surface area contributed by atoms with Gasteiger partial charge in [0.25, 0.3) is 0 Å². The molecule has 6 nitrogen and oxygen atoms in total. The molecule has 3 atom stereocenters. The molecule has 0 spiro atoms. The van der Waals surface area contributed by atoms with Gasteiger partial charge in [-0.3, -0.25) is 0 Å². The highest BCUT2D eigenvalue weighted by molar-refractivity contribution is 5.55. The summed E-state index contributed by atoms with van der Waals surface area (Å²) in [4.78, 5) is 9.03. The van der Waals surface area contributed by atoms with Crippen LogP contribution in [0.15, 0.2) is 73.3 Å². The van der Waals surface area contributed by atoms with Crippen molar-refractivity contribution in [2.24, 2.45) is 11.8 Å². The van der Waals surface area contributed by atoms with E-state index in [1.165, 1.54) is 5.56 Å². The molecule has 1 N–H and O–H groups in total. The number of aromatic nitrogens is 5. The van der Waals surface area contributed by atoms with Gasteiger partial charge in [-0.05, 0) is 48.1 Å². The molecule has 0 saturated carbocycles. The zero-order chi connectivity index (χ0) is 20.5. The number of nitrogens with zero attached hydrogens (tertiary/aromatic N) is 5. The third kappa shape index (κ3) is 3.61. The van der Waals surface area contributed by atoms with Gasteiger partial charge in [0.1, 0.15) is 5.82 Å². The van der Waals surface area contributed by atoms with Crippen molar-refractivity contribution in [2.45, 2.75) is 32.7 Å². The van der Waals surface area contributed by atoms with Crippen molar-refractivity contribution in [3.05, 3.63) is 84.7 Å². The number of imidazole rings is 1. The van der Waals surface area contributed by atoms with Crippen LogP contribution >= 0.6 is 0 Å². The molecule has 0 bridgehead atoms. The third-order valence-electron chi connectivity index (χ3n) is 6.18. The van der Waals surface area contributed by atoms with Crippen LogP contribution in [0, 0.1) is 11.8 Å². The van der Waals surface area contributed by atoms with E-state index >= 15 is 0 Å². The molecule has 5 rings (SSSR count). The molecule has 0 saturated heterocycles. The Hall–Kier alpha value is -3.41. The van der Waals surface area contributed by atoms with Gasteiger partial charge in [0.2, 0.25) is 5.95 Å². The number of hydrogen-bond acceptors (Lipinski definition) is 4. The van der Waals surface area contributed by atoms with Crippen LogP contribution in [-0.2, 0) is 6.54 Å². The Morgan fingerprint density at radius 2 is 1.77 bits per heavy atom. The maximum Gasteiger partial charge on any atom is 0.246 e. The number of nitrogens with one attached hydrogen (secondary N) is 1. The van der Waals surface area contributed by atoms with E-state index in [9.17, 15) is 0 Å². The summed E-state index contributed by atoms with van der Waals surface area (Å²) in [7, 11) is 0. The van der Waals surface area contributed by atoms with E-state index in [1.54, 1.807) is 12.5 Å². The Morgan fingerprint density at radius 1 is 0.967 bits per heavy atom. The monoisotopic (exact) mass is 398 g/mol. The highest BCUT2D eigenvalue weighted by Gasteiger charge is 2.30. The summed E-state index contributed by atoms with van der Waals surface area (Å²) in [5, 5.41) is 8.20. The largest absolute Gasteiger partial charge is 0.323 e. The van der Waals surface area contributed by atoms with Crippen LogP contribution in [-0.4, -0.2) is 24.3 Å². The van der Waals surface area contributed by atoms with Gasteiger partial charge < -0.3 is 9.88 Å². The summed E-state index contributed by atoms with van der Waals surface area (Å²) >= 11 is 0. The Labute approximate surface area is 176 Å². The molecule has 1 aliphatic rings. The van der Waals surface area contributed by atoms with Crippen LogP contribution in [0.4, 0.5) is 11.6 Å². The first kappa shape index (κ1) is 18.6. The Morgan fingerprint density at radius 3 is 2.50 bits per heavy atom. The van der Waals surface area contributed by atoms with E-state index in [-0.39, 0.29) is 5.92 Å². The molecule has 0 radical (unpaired) electrons. The van der Waals surface area contributed by atoms with Crippen LogP contribution in [0.5, 0.6) is 0 Å². The van der Waals surface area contributed by atoms with E-state index in [0.29, 0.717) is 17.8 Å². The second-order valence-electron chi connectivity index (χ2n) is 8.27. The summed E-state index contributed by atoms with van der Waals surface area (Å²) in [5.41, 5.74) is 3.35. The second kappa shape index (κ2) is 7.78. The predicted molar refractivity (Wildman–Crippen MR) is 118 cm³/mol. The molecule has 2 aromatic carbocycles. The van der Waals surface area contributed by atoms with Gasteiger partial charge in [-0.2, -0.15) is 4.98 Å². The molecule has 2 aromatic heterocycles. The first-order valence-electron chi connectivity index (χ1n) is 10.5. The summed E-state index contributed by atoms with van der Waals surface area (Å²) in [5.74, 6) is 3.14. The first-order valence-corrected chi connectivity index (χ1v) is 10.5. The van der Waals surface area contributed by atoms with E-state index < -0.39 is 0 Å². The van der Waals surface area contributed by atoms with Gasteiger partial charge in [-0.15, -0.1) is 5.10 Å². The smallest absolute Gasteiger partial charge is 0.246 e. The van der Waals surface area contributed by atoms with E-state index in [4.69, 9.17) is 10.1 Å². The number of anilines is 2. The van der Waals surface area contributed by atoms with Gasteiger partial charge >= 0.3 is 0 Å². The van der Waals surface area contributed by atoms with Crippen molar-refractivity contribution in [2.75, 3.05) is 5.32 Å². The minimum Gasteiger partial charge on any atom is -0.323 e. The van der Waals surface area contributed by atoms with Crippen molar-refractivity contribution in [1.29, 1.82) is 0 Å². The molecule has 0 amide bonds. The van der Waals surface area contributed by atoms with Crippen LogP contribution < -0.4 is 5.32 Å². The Balaban J connectivity index is 1.43. The van der Waals surface area contributed by atoms with Gasteiger partial charge in [-0.1, -0.05) is 44.2 Å². The molecular formula is C24H26N6.